The van der Waals surface area contributed by atoms with Gasteiger partial charge in [0.1, 0.15) is 4.90 Å². The first-order chi connectivity index (χ1) is 8.81. The highest BCUT2D eigenvalue weighted by Gasteiger charge is 2.24. The summed E-state index contributed by atoms with van der Waals surface area (Å²) in [4.78, 5) is -0.576. The Morgan fingerprint density at radius 2 is 2.21 bits per heavy atom. The van der Waals surface area contributed by atoms with E-state index in [9.17, 15) is 12.8 Å². The van der Waals surface area contributed by atoms with E-state index in [0.29, 0.717) is 6.42 Å². The summed E-state index contributed by atoms with van der Waals surface area (Å²) in [6.07, 6.45) is 5.84. The third-order valence-electron chi connectivity index (χ3n) is 2.50. The van der Waals surface area contributed by atoms with Gasteiger partial charge in [-0.2, -0.15) is 0 Å². The molecule has 3 N–H and O–H groups in total. The molecule has 0 aliphatic heterocycles. The number of hydrogen-bond donors (Lipinski definition) is 2. The predicted molar refractivity (Wildman–Crippen MR) is 73.7 cm³/mol. The van der Waals surface area contributed by atoms with Gasteiger partial charge in [-0.1, -0.05) is 18.5 Å². The molecule has 19 heavy (non-hydrogen) atoms. The molecule has 0 bridgehead atoms. The molecular formula is C12H14ClFN2O2S. The Labute approximate surface area is 117 Å². The smallest absolute Gasteiger partial charge is 0.243 e. The summed E-state index contributed by atoms with van der Waals surface area (Å²) >= 11 is 5.69. The van der Waals surface area contributed by atoms with E-state index in [1.54, 1.807) is 6.92 Å². The Morgan fingerprint density at radius 1 is 1.58 bits per heavy atom. The standard InChI is InChI=1S/C12H14ClFN2O2S/c1-3-5-9(4-2)16-19(17,18)11-7-8(13)6-10(15)12(11)14/h1,6-7,9,16H,4-5,15H2,2H3. The molecule has 0 amide bonds. The second-order valence-corrected chi connectivity index (χ2v) is 6.06. The fourth-order valence-corrected chi connectivity index (χ4v) is 3.22. The Hall–Kier alpha value is -1.29. The van der Waals surface area contributed by atoms with Crippen molar-refractivity contribution in [3.05, 3.63) is 23.0 Å². The maximum absolute atomic E-state index is 13.8. The topological polar surface area (TPSA) is 72.2 Å². The first-order valence-electron chi connectivity index (χ1n) is 5.52. The van der Waals surface area contributed by atoms with E-state index in [4.69, 9.17) is 23.8 Å². The molecule has 0 saturated heterocycles. The number of sulfonamides is 1. The van der Waals surface area contributed by atoms with Crippen LogP contribution in [0.4, 0.5) is 10.1 Å². The van der Waals surface area contributed by atoms with Crippen molar-refractivity contribution in [2.24, 2.45) is 0 Å². The Bertz CT molecular complexity index is 611. The monoisotopic (exact) mass is 304 g/mol. The lowest BCUT2D eigenvalue weighted by molar-refractivity contribution is 0.532. The van der Waals surface area contributed by atoms with Crippen LogP contribution in [0.1, 0.15) is 19.8 Å². The van der Waals surface area contributed by atoms with Gasteiger partial charge >= 0.3 is 0 Å². The molecule has 0 aromatic heterocycles. The van der Waals surface area contributed by atoms with Gasteiger partial charge in [0, 0.05) is 17.5 Å². The molecule has 0 fully saturated rings. The fourth-order valence-electron chi connectivity index (χ4n) is 1.47. The number of halogens is 2. The molecule has 104 valence electrons. The lowest BCUT2D eigenvalue weighted by Gasteiger charge is -2.15. The lowest BCUT2D eigenvalue weighted by atomic mass is 10.2. The van der Waals surface area contributed by atoms with Gasteiger partial charge < -0.3 is 5.73 Å². The lowest BCUT2D eigenvalue weighted by Crippen LogP contribution is -2.34. The number of nitrogens with one attached hydrogen (secondary N) is 1. The maximum atomic E-state index is 13.8. The molecule has 7 heteroatoms. The summed E-state index contributed by atoms with van der Waals surface area (Å²) < 4.78 is 40.2. The average Bonchev–Trinajstić information content (AvgIpc) is 2.32. The molecule has 0 radical (unpaired) electrons. The van der Waals surface area contributed by atoms with Gasteiger partial charge in [0.05, 0.1) is 5.69 Å². The second kappa shape index (κ2) is 6.24. The summed E-state index contributed by atoms with van der Waals surface area (Å²) in [5.74, 6) is 1.34. The van der Waals surface area contributed by atoms with E-state index in [1.807, 2.05) is 0 Å². The molecule has 1 rings (SSSR count). The number of nitrogens with two attached hydrogens (primary N) is 1. The fraction of sp³-hybridized carbons (Fsp3) is 0.333. The minimum atomic E-state index is -4.05. The Morgan fingerprint density at radius 3 is 2.74 bits per heavy atom. The summed E-state index contributed by atoms with van der Waals surface area (Å²) in [5.41, 5.74) is 5.03. The maximum Gasteiger partial charge on any atom is 0.243 e. The van der Waals surface area contributed by atoms with E-state index in [-0.39, 0.29) is 17.1 Å². The van der Waals surface area contributed by atoms with Crippen molar-refractivity contribution < 1.29 is 12.8 Å². The number of nitrogen functional groups attached to an aromatic ring is 1. The number of terminal acetylenes is 1. The SMILES string of the molecule is C#CCC(CC)NS(=O)(=O)c1cc(Cl)cc(N)c1F. The Kier molecular flexibility index (Phi) is 5.18. The Balaban J connectivity index is 3.18. The molecule has 1 unspecified atom stereocenters. The molecule has 1 aromatic carbocycles. The molecule has 0 heterocycles. The zero-order chi connectivity index (χ0) is 14.6. The van der Waals surface area contributed by atoms with Crippen LogP contribution in [0.3, 0.4) is 0 Å². The molecule has 0 saturated carbocycles. The number of benzene rings is 1. The van der Waals surface area contributed by atoms with Crippen LogP contribution < -0.4 is 10.5 Å². The van der Waals surface area contributed by atoms with Crippen molar-refractivity contribution in [2.75, 3.05) is 5.73 Å². The molecule has 1 atom stereocenters. The van der Waals surface area contributed by atoms with Crippen molar-refractivity contribution in [3.63, 3.8) is 0 Å². The van der Waals surface area contributed by atoms with Crippen molar-refractivity contribution in [1.29, 1.82) is 0 Å². The van der Waals surface area contributed by atoms with Gasteiger partial charge in [-0.3, -0.25) is 0 Å². The van der Waals surface area contributed by atoms with Crippen LogP contribution in [0.15, 0.2) is 17.0 Å². The third kappa shape index (κ3) is 3.83. The van der Waals surface area contributed by atoms with E-state index in [0.717, 1.165) is 12.1 Å². The molecule has 0 aliphatic carbocycles. The zero-order valence-electron chi connectivity index (χ0n) is 10.3. The highest BCUT2D eigenvalue weighted by molar-refractivity contribution is 7.89. The molecular weight excluding hydrogens is 291 g/mol. The van der Waals surface area contributed by atoms with Crippen molar-refractivity contribution in [2.45, 2.75) is 30.7 Å². The molecule has 1 aromatic rings. The van der Waals surface area contributed by atoms with Crippen molar-refractivity contribution in [3.8, 4) is 12.3 Å². The van der Waals surface area contributed by atoms with Crippen LogP contribution in [0.25, 0.3) is 0 Å². The van der Waals surface area contributed by atoms with Crippen LogP contribution in [0.2, 0.25) is 5.02 Å². The minimum absolute atomic E-state index is 0.0456. The highest BCUT2D eigenvalue weighted by Crippen LogP contribution is 2.25. The van der Waals surface area contributed by atoms with Gasteiger partial charge in [-0.25, -0.2) is 17.5 Å². The normalized spacial score (nSPS) is 12.9. The van der Waals surface area contributed by atoms with Crippen LogP contribution in [0, 0.1) is 18.2 Å². The average molecular weight is 305 g/mol. The molecule has 0 aliphatic rings. The molecule has 4 nitrogen and oxygen atoms in total. The van der Waals surface area contributed by atoms with Crippen molar-refractivity contribution >= 4 is 27.3 Å². The summed E-state index contributed by atoms with van der Waals surface area (Å²) in [7, 11) is -4.05. The van der Waals surface area contributed by atoms with Gasteiger partial charge in [0.15, 0.2) is 5.82 Å². The largest absolute Gasteiger partial charge is 0.396 e. The zero-order valence-corrected chi connectivity index (χ0v) is 11.9. The highest BCUT2D eigenvalue weighted by atomic mass is 35.5. The van der Waals surface area contributed by atoms with E-state index < -0.39 is 26.8 Å². The van der Waals surface area contributed by atoms with Crippen LogP contribution >= 0.6 is 11.6 Å². The van der Waals surface area contributed by atoms with Crippen molar-refractivity contribution in [1.82, 2.24) is 4.72 Å². The second-order valence-electron chi connectivity index (χ2n) is 3.94. The predicted octanol–water partition coefficient (Wildman–Crippen LogP) is 2.14. The van der Waals surface area contributed by atoms with E-state index >= 15 is 0 Å². The van der Waals surface area contributed by atoms with Gasteiger partial charge in [-0.15, -0.1) is 12.3 Å². The van der Waals surface area contributed by atoms with Gasteiger partial charge in [0.25, 0.3) is 0 Å². The number of rotatable bonds is 5. The first-order valence-corrected chi connectivity index (χ1v) is 7.38. The minimum Gasteiger partial charge on any atom is -0.396 e. The van der Waals surface area contributed by atoms with E-state index in [1.165, 1.54) is 0 Å². The number of anilines is 1. The van der Waals surface area contributed by atoms with Crippen LogP contribution in [0.5, 0.6) is 0 Å². The summed E-state index contributed by atoms with van der Waals surface area (Å²) in [6.45, 7) is 1.77. The van der Waals surface area contributed by atoms with Crippen LogP contribution in [-0.2, 0) is 10.0 Å². The number of hydrogen-bond acceptors (Lipinski definition) is 3. The first kappa shape index (κ1) is 15.8. The molecule has 0 spiro atoms. The quantitative estimate of drug-likeness (QED) is 0.646. The van der Waals surface area contributed by atoms with Gasteiger partial charge in [0.2, 0.25) is 10.0 Å². The van der Waals surface area contributed by atoms with Crippen LogP contribution in [-0.4, -0.2) is 14.5 Å². The summed E-state index contributed by atoms with van der Waals surface area (Å²) in [5, 5.41) is 0.0456. The third-order valence-corrected chi connectivity index (χ3v) is 4.24. The summed E-state index contributed by atoms with van der Waals surface area (Å²) in [6, 6.07) is 1.70. The van der Waals surface area contributed by atoms with E-state index in [2.05, 4.69) is 10.6 Å². The van der Waals surface area contributed by atoms with Gasteiger partial charge in [-0.05, 0) is 18.6 Å².